The molecule has 2 rings (SSSR count). The second-order valence-electron chi connectivity index (χ2n) is 4.85. The van der Waals surface area contributed by atoms with Crippen molar-refractivity contribution in [2.24, 2.45) is 0 Å². The third-order valence-corrected chi connectivity index (χ3v) is 3.95. The van der Waals surface area contributed by atoms with E-state index in [1.165, 1.54) is 0 Å². The minimum absolute atomic E-state index is 0.0137. The molecule has 1 aliphatic rings. The van der Waals surface area contributed by atoms with Crippen LogP contribution in [-0.4, -0.2) is 41.2 Å². The number of benzene rings is 1. The lowest BCUT2D eigenvalue weighted by molar-refractivity contribution is -0.139. The van der Waals surface area contributed by atoms with Gasteiger partial charge in [-0.1, -0.05) is 23.2 Å². The van der Waals surface area contributed by atoms with Gasteiger partial charge in [-0.3, -0.25) is 4.79 Å². The number of halogens is 2. The van der Waals surface area contributed by atoms with Crippen LogP contribution in [-0.2, 0) is 4.79 Å². The van der Waals surface area contributed by atoms with E-state index in [1.54, 1.807) is 30.0 Å². The number of amides is 1. The summed E-state index contributed by atoms with van der Waals surface area (Å²) >= 11 is 11.8. The molecule has 2 unspecified atom stereocenters. The monoisotopic (exact) mass is 317 g/mol. The number of carbonyl (C=O) groups is 1. The number of nitrogens with zero attached hydrogens (tertiary/aromatic N) is 1. The van der Waals surface area contributed by atoms with E-state index in [4.69, 9.17) is 27.9 Å². The Morgan fingerprint density at radius 1 is 1.55 bits per heavy atom. The molecule has 0 spiro atoms. The van der Waals surface area contributed by atoms with E-state index in [-0.39, 0.29) is 18.6 Å². The van der Waals surface area contributed by atoms with Crippen LogP contribution in [0.1, 0.15) is 19.8 Å². The molecule has 2 atom stereocenters. The highest BCUT2D eigenvalue weighted by molar-refractivity contribution is 6.35. The van der Waals surface area contributed by atoms with Gasteiger partial charge in [0.05, 0.1) is 17.7 Å². The molecule has 1 aromatic carbocycles. The van der Waals surface area contributed by atoms with Crippen LogP contribution in [0.3, 0.4) is 0 Å². The van der Waals surface area contributed by atoms with E-state index in [0.717, 1.165) is 12.8 Å². The van der Waals surface area contributed by atoms with Crippen LogP contribution < -0.4 is 4.74 Å². The maximum Gasteiger partial charge on any atom is 0.263 e. The van der Waals surface area contributed by atoms with Crippen molar-refractivity contribution in [2.45, 2.75) is 31.9 Å². The average Bonchev–Trinajstić information content (AvgIpc) is 2.89. The Balaban J connectivity index is 2.04. The number of hydrogen-bond acceptors (Lipinski definition) is 3. The smallest absolute Gasteiger partial charge is 0.263 e. The van der Waals surface area contributed by atoms with Crippen LogP contribution in [0.25, 0.3) is 0 Å². The number of aliphatic hydroxyl groups excluding tert-OH is 1. The SMILES string of the molecule is CC(Oc1ccc(Cl)cc1Cl)C(=O)N1CCCC1CO. The predicted octanol–water partition coefficient (Wildman–Crippen LogP) is 2.74. The standard InChI is InChI=1S/C14H17Cl2NO3/c1-9(14(19)17-6-2-3-11(17)8-18)20-13-5-4-10(15)7-12(13)16/h4-5,7,9,11,18H,2-3,6,8H2,1H3. The summed E-state index contributed by atoms with van der Waals surface area (Å²) in [5.74, 6) is 0.296. The van der Waals surface area contributed by atoms with E-state index in [9.17, 15) is 9.90 Å². The van der Waals surface area contributed by atoms with E-state index < -0.39 is 6.10 Å². The van der Waals surface area contributed by atoms with Crippen LogP contribution >= 0.6 is 23.2 Å². The topological polar surface area (TPSA) is 49.8 Å². The molecule has 1 heterocycles. The zero-order valence-corrected chi connectivity index (χ0v) is 12.7. The highest BCUT2D eigenvalue weighted by Gasteiger charge is 2.31. The third kappa shape index (κ3) is 3.37. The maximum absolute atomic E-state index is 12.3. The highest BCUT2D eigenvalue weighted by Crippen LogP contribution is 2.29. The van der Waals surface area contributed by atoms with Gasteiger partial charge in [-0.25, -0.2) is 0 Å². The molecular formula is C14H17Cl2NO3. The fourth-order valence-corrected chi connectivity index (χ4v) is 2.81. The molecule has 4 nitrogen and oxygen atoms in total. The molecule has 1 N–H and O–H groups in total. The van der Waals surface area contributed by atoms with Crippen LogP contribution in [0.5, 0.6) is 5.75 Å². The molecule has 110 valence electrons. The number of likely N-dealkylation sites (tertiary alicyclic amines) is 1. The Kier molecular flexibility index (Phi) is 5.13. The summed E-state index contributed by atoms with van der Waals surface area (Å²) < 4.78 is 5.60. The lowest BCUT2D eigenvalue weighted by Crippen LogP contribution is -2.44. The van der Waals surface area contributed by atoms with Crippen LogP contribution in [0.2, 0.25) is 10.0 Å². The first kappa shape index (κ1) is 15.4. The van der Waals surface area contributed by atoms with Gasteiger partial charge in [-0.2, -0.15) is 0 Å². The molecule has 20 heavy (non-hydrogen) atoms. The number of hydrogen-bond donors (Lipinski definition) is 1. The molecule has 1 aliphatic heterocycles. The number of ether oxygens (including phenoxy) is 1. The predicted molar refractivity (Wildman–Crippen MR) is 78.4 cm³/mol. The number of rotatable bonds is 4. The second kappa shape index (κ2) is 6.66. The minimum atomic E-state index is -0.652. The number of carbonyl (C=O) groups excluding carboxylic acids is 1. The summed E-state index contributed by atoms with van der Waals surface area (Å²) in [6, 6.07) is 4.77. The first-order valence-electron chi connectivity index (χ1n) is 6.56. The molecule has 0 aromatic heterocycles. The van der Waals surface area contributed by atoms with Crippen LogP contribution in [0, 0.1) is 0 Å². The molecular weight excluding hydrogens is 301 g/mol. The van der Waals surface area contributed by atoms with E-state index in [1.807, 2.05) is 0 Å². The largest absolute Gasteiger partial charge is 0.479 e. The summed E-state index contributed by atoms with van der Waals surface area (Å²) in [7, 11) is 0. The summed E-state index contributed by atoms with van der Waals surface area (Å²) in [5, 5.41) is 10.1. The third-order valence-electron chi connectivity index (χ3n) is 3.42. The van der Waals surface area contributed by atoms with Gasteiger partial charge in [0.15, 0.2) is 6.10 Å². The Labute approximate surface area is 128 Å². The molecule has 1 amide bonds. The van der Waals surface area contributed by atoms with Crippen molar-refractivity contribution in [1.29, 1.82) is 0 Å². The van der Waals surface area contributed by atoms with Gasteiger partial charge in [-0.15, -0.1) is 0 Å². The van der Waals surface area contributed by atoms with Gasteiger partial charge in [0.1, 0.15) is 5.75 Å². The molecule has 0 radical (unpaired) electrons. The van der Waals surface area contributed by atoms with Gasteiger partial charge >= 0.3 is 0 Å². The van der Waals surface area contributed by atoms with Gasteiger partial charge in [0.2, 0.25) is 0 Å². The second-order valence-corrected chi connectivity index (χ2v) is 5.69. The fraction of sp³-hybridized carbons (Fsp3) is 0.500. The lowest BCUT2D eigenvalue weighted by atomic mass is 10.2. The quantitative estimate of drug-likeness (QED) is 0.929. The van der Waals surface area contributed by atoms with Crippen molar-refractivity contribution < 1.29 is 14.6 Å². The van der Waals surface area contributed by atoms with E-state index in [0.29, 0.717) is 22.3 Å². The van der Waals surface area contributed by atoms with E-state index in [2.05, 4.69) is 0 Å². The summed E-state index contributed by atoms with van der Waals surface area (Å²) in [6.45, 7) is 2.33. The Hall–Kier alpha value is -0.970. The minimum Gasteiger partial charge on any atom is -0.479 e. The highest BCUT2D eigenvalue weighted by atomic mass is 35.5. The van der Waals surface area contributed by atoms with Gasteiger partial charge in [0.25, 0.3) is 5.91 Å². The molecule has 1 fully saturated rings. The average molecular weight is 318 g/mol. The van der Waals surface area contributed by atoms with Crippen molar-refractivity contribution in [1.82, 2.24) is 4.90 Å². The van der Waals surface area contributed by atoms with Crippen molar-refractivity contribution in [3.63, 3.8) is 0 Å². The Morgan fingerprint density at radius 3 is 2.95 bits per heavy atom. The summed E-state index contributed by atoms with van der Waals surface area (Å²) in [5.41, 5.74) is 0. The molecule has 0 saturated carbocycles. The fourth-order valence-electron chi connectivity index (χ4n) is 2.36. The van der Waals surface area contributed by atoms with Crippen molar-refractivity contribution in [2.75, 3.05) is 13.2 Å². The first-order chi connectivity index (χ1) is 9.52. The molecule has 6 heteroatoms. The zero-order chi connectivity index (χ0) is 14.7. The normalized spacial score (nSPS) is 20.0. The zero-order valence-electron chi connectivity index (χ0n) is 11.2. The molecule has 1 aromatic rings. The molecule has 0 aliphatic carbocycles. The van der Waals surface area contributed by atoms with Crippen LogP contribution in [0.15, 0.2) is 18.2 Å². The van der Waals surface area contributed by atoms with Gasteiger partial charge < -0.3 is 14.7 Å². The maximum atomic E-state index is 12.3. The lowest BCUT2D eigenvalue weighted by Gasteiger charge is -2.26. The van der Waals surface area contributed by atoms with Crippen molar-refractivity contribution >= 4 is 29.1 Å². The first-order valence-corrected chi connectivity index (χ1v) is 7.31. The number of aliphatic hydroxyl groups is 1. The molecule has 0 bridgehead atoms. The van der Waals surface area contributed by atoms with Gasteiger partial charge in [0, 0.05) is 11.6 Å². The van der Waals surface area contributed by atoms with Crippen molar-refractivity contribution in [3.8, 4) is 5.75 Å². The Bertz CT molecular complexity index is 495. The van der Waals surface area contributed by atoms with Crippen molar-refractivity contribution in [3.05, 3.63) is 28.2 Å². The summed E-state index contributed by atoms with van der Waals surface area (Å²) in [6.07, 6.45) is 1.09. The van der Waals surface area contributed by atoms with Crippen LogP contribution in [0.4, 0.5) is 0 Å². The van der Waals surface area contributed by atoms with E-state index >= 15 is 0 Å². The van der Waals surface area contributed by atoms with Gasteiger partial charge in [-0.05, 0) is 38.0 Å². The Morgan fingerprint density at radius 2 is 2.30 bits per heavy atom. The summed E-state index contributed by atoms with van der Waals surface area (Å²) in [4.78, 5) is 14.0. The molecule has 1 saturated heterocycles.